The summed E-state index contributed by atoms with van der Waals surface area (Å²) in [4.78, 5) is 12.5. The Labute approximate surface area is 108 Å². The highest BCUT2D eigenvalue weighted by Gasteiger charge is 2.40. The number of hydrogen-bond donors (Lipinski definition) is 2. The highest BCUT2D eigenvalue weighted by molar-refractivity contribution is 7.80. The normalized spacial score (nSPS) is 19.7. The van der Waals surface area contributed by atoms with Crippen molar-refractivity contribution in [2.24, 2.45) is 5.73 Å². The van der Waals surface area contributed by atoms with Crippen LogP contribution in [0.3, 0.4) is 0 Å². The van der Waals surface area contributed by atoms with Crippen LogP contribution in [0.25, 0.3) is 0 Å². The third kappa shape index (κ3) is 3.16. The predicted octanol–water partition coefficient (Wildman–Crippen LogP) is 1.52. The van der Waals surface area contributed by atoms with Crippen molar-refractivity contribution in [3.05, 3.63) is 0 Å². The van der Waals surface area contributed by atoms with E-state index in [9.17, 15) is 4.79 Å². The Kier molecular flexibility index (Phi) is 4.49. The molecular weight excluding hydrogens is 236 g/mol. The summed E-state index contributed by atoms with van der Waals surface area (Å²) in [6.07, 6.45) is 4.92. The van der Waals surface area contributed by atoms with Crippen molar-refractivity contribution < 1.29 is 9.53 Å². The number of nitrogens with two attached hydrogens (primary N) is 1. The van der Waals surface area contributed by atoms with Crippen molar-refractivity contribution in [3.8, 4) is 0 Å². The number of rotatable bonds is 4. The molecule has 4 nitrogen and oxygen atoms in total. The van der Waals surface area contributed by atoms with Crippen molar-refractivity contribution in [3.63, 3.8) is 0 Å². The Morgan fingerprint density at radius 1 is 1.35 bits per heavy atom. The highest BCUT2D eigenvalue weighted by atomic mass is 32.1. The van der Waals surface area contributed by atoms with Gasteiger partial charge in [-0.05, 0) is 26.7 Å². The van der Waals surface area contributed by atoms with Gasteiger partial charge in [0.15, 0.2) is 0 Å². The first kappa shape index (κ1) is 14.4. The van der Waals surface area contributed by atoms with Crippen LogP contribution in [0.5, 0.6) is 0 Å². The molecule has 1 saturated carbocycles. The molecule has 0 bridgehead atoms. The van der Waals surface area contributed by atoms with Crippen molar-refractivity contribution in [1.29, 1.82) is 0 Å². The smallest absolute Gasteiger partial charge is 0.252 e. The summed E-state index contributed by atoms with van der Waals surface area (Å²) in [6, 6.07) is 0. The fraction of sp³-hybridized carbons (Fsp3) is 0.833. The molecule has 0 aromatic rings. The van der Waals surface area contributed by atoms with Crippen LogP contribution >= 0.6 is 12.2 Å². The van der Waals surface area contributed by atoms with Gasteiger partial charge in [0, 0.05) is 7.11 Å². The first-order chi connectivity index (χ1) is 7.84. The molecule has 0 heterocycles. The zero-order chi connectivity index (χ0) is 13.1. The second-order valence-corrected chi connectivity index (χ2v) is 5.62. The Hall–Kier alpha value is -0.680. The maximum absolute atomic E-state index is 12.1. The fourth-order valence-corrected chi connectivity index (χ4v) is 2.30. The molecule has 0 aromatic carbocycles. The Morgan fingerprint density at radius 2 is 1.88 bits per heavy atom. The van der Waals surface area contributed by atoms with Gasteiger partial charge in [-0.25, -0.2) is 0 Å². The zero-order valence-electron chi connectivity index (χ0n) is 10.8. The minimum absolute atomic E-state index is 0.158. The molecule has 3 N–H and O–H groups in total. The van der Waals surface area contributed by atoms with Gasteiger partial charge in [-0.2, -0.15) is 0 Å². The van der Waals surface area contributed by atoms with Gasteiger partial charge >= 0.3 is 0 Å². The molecule has 0 aliphatic heterocycles. The first-order valence-electron chi connectivity index (χ1n) is 6.02. The number of carbonyl (C=O) groups excluding carboxylic acids is 1. The summed E-state index contributed by atoms with van der Waals surface area (Å²) in [7, 11) is 1.52. The van der Waals surface area contributed by atoms with E-state index < -0.39 is 11.1 Å². The van der Waals surface area contributed by atoms with Crippen molar-refractivity contribution in [2.75, 3.05) is 7.11 Å². The Balaban J connectivity index is 2.81. The largest absolute Gasteiger partial charge is 0.391 e. The summed E-state index contributed by atoms with van der Waals surface area (Å²) in [5.74, 6) is -0.158. The molecular formula is C12H22N2O2S. The molecule has 0 aromatic heterocycles. The van der Waals surface area contributed by atoms with E-state index in [4.69, 9.17) is 22.7 Å². The molecule has 1 aliphatic rings. The zero-order valence-corrected chi connectivity index (χ0v) is 11.7. The maximum Gasteiger partial charge on any atom is 0.252 e. The van der Waals surface area contributed by atoms with Crippen LogP contribution in [0, 0.1) is 0 Å². The van der Waals surface area contributed by atoms with Crippen molar-refractivity contribution in [2.45, 2.75) is 57.1 Å². The van der Waals surface area contributed by atoms with Gasteiger partial charge in [-0.1, -0.05) is 31.5 Å². The molecule has 0 spiro atoms. The second kappa shape index (κ2) is 5.31. The minimum atomic E-state index is -0.852. The van der Waals surface area contributed by atoms with Crippen LogP contribution in [-0.4, -0.2) is 29.1 Å². The van der Waals surface area contributed by atoms with Gasteiger partial charge in [-0.15, -0.1) is 0 Å². The topological polar surface area (TPSA) is 64.3 Å². The summed E-state index contributed by atoms with van der Waals surface area (Å²) in [5.41, 5.74) is 4.45. The van der Waals surface area contributed by atoms with E-state index in [-0.39, 0.29) is 5.91 Å². The number of methoxy groups -OCH3 is 1. The highest BCUT2D eigenvalue weighted by Crippen LogP contribution is 2.29. The van der Waals surface area contributed by atoms with E-state index in [2.05, 4.69) is 5.32 Å². The molecule has 17 heavy (non-hydrogen) atoms. The minimum Gasteiger partial charge on any atom is -0.391 e. The SMILES string of the molecule is COC(C)(C)C(=O)NC1(C(N)=S)CCCCC1. The van der Waals surface area contributed by atoms with Gasteiger partial charge in [-0.3, -0.25) is 4.79 Å². The molecule has 1 fully saturated rings. The summed E-state index contributed by atoms with van der Waals surface area (Å²) in [6.45, 7) is 3.47. The van der Waals surface area contributed by atoms with Crippen molar-refractivity contribution >= 4 is 23.1 Å². The summed E-state index contributed by atoms with van der Waals surface area (Å²) < 4.78 is 5.17. The fourth-order valence-electron chi connectivity index (χ4n) is 2.05. The Morgan fingerprint density at radius 3 is 2.29 bits per heavy atom. The molecule has 1 amide bonds. The number of nitrogens with one attached hydrogen (secondary N) is 1. The lowest BCUT2D eigenvalue weighted by atomic mass is 9.81. The monoisotopic (exact) mass is 258 g/mol. The molecule has 0 saturated heterocycles. The third-order valence-corrected chi connectivity index (χ3v) is 3.98. The van der Waals surface area contributed by atoms with Crippen LogP contribution in [0.15, 0.2) is 0 Å². The molecule has 0 atom stereocenters. The second-order valence-electron chi connectivity index (χ2n) is 5.18. The van der Waals surface area contributed by atoms with E-state index in [1.54, 1.807) is 13.8 Å². The first-order valence-corrected chi connectivity index (χ1v) is 6.42. The van der Waals surface area contributed by atoms with Gasteiger partial charge in [0.25, 0.3) is 5.91 Å². The van der Waals surface area contributed by atoms with Gasteiger partial charge in [0.05, 0.1) is 10.5 Å². The predicted molar refractivity (Wildman–Crippen MR) is 71.8 cm³/mol. The number of hydrogen-bond acceptors (Lipinski definition) is 3. The lowest BCUT2D eigenvalue weighted by Crippen LogP contribution is -2.61. The number of carbonyl (C=O) groups is 1. The lowest BCUT2D eigenvalue weighted by Gasteiger charge is -2.39. The lowest BCUT2D eigenvalue weighted by molar-refractivity contribution is -0.141. The molecule has 98 valence electrons. The quantitative estimate of drug-likeness (QED) is 0.750. The summed E-state index contributed by atoms with van der Waals surface area (Å²) >= 11 is 5.13. The average molecular weight is 258 g/mol. The van der Waals surface area contributed by atoms with Gasteiger partial charge < -0.3 is 15.8 Å². The molecule has 0 radical (unpaired) electrons. The van der Waals surface area contributed by atoms with Gasteiger partial charge in [0.2, 0.25) is 0 Å². The van der Waals surface area contributed by atoms with Gasteiger partial charge in [0.1, 0.15) is 5.60 Å². The van der Waals surface area contributed by atoms with E-state index in [0.717, 1.165) is 25.7 Å². The van der Waals surface area contributed by atoms with Crippen LogP contribution in [0.1, 0.15) is 46.0 Å². The molecule has 1 aliphatic carbocycles. The van der Waals surface area contributed by atoms with Crippen LogP contribution in [0.2, 0.25) is 0 Å². The summed E-state index contributed by atoms with van der Waals surface area (Å²) in [5, 5.41) is 2.99. The van der Waals surface area contributed by atoms with Crippen LogP contribution in [0.4, 0.5) is 0 Å². The van der Waals surface area contributed by atoms with Crippen molar-refractivity contribution in [1.82, 2.24) is 5.32 Å². The average Bonchev–Trinajstić information content (AvgIpc) is 2.30. The molecule has 5 heteroatoms. The number of thiocarbonyl (C=S) groups is 1. The van der Waals surface area contributed by atoms with E-state index in [1.807, 2.05) is 0 Å². The van der Waals surface area contributed by atoms with E-state index in [1.165, 1.54) is 13.5 Å². The third-order valence-electron chi connectivity index (χ3n) is 3.59. The molecule has 1 rings (SSSR count). The Bertz CT molecular complexity index is 310. The maximum atomic E-state index is 12.1. The van der Waals surface area contributed by atoms with Crippen LogP contribution < -0.4 is 11.1 Å². The number of ether oxygens (including phenoxy) is 1. The molecule has 0 unspecified atom stereocenters. The standard InChI is InChI=1S/C12H22N2O2S/c1-11(2,16-3)10(15)14-12(9(13)17)7-5-4-6-8-12/h4-8H2,1-3H3,(H2,13,17)(H,14,15). The van der Waals surface area contributed by atoms with E-state index in [0.29, 0.717) is 4.99 Å². The van der Waals surface area contributed by atoms with Crippen LogP contribution in [-0.2, 0) is 9.53 Å². The van der Waals surface area contributed by atoms with E-state index >= 15 is 0 Å². The number of amides is 1.